The molecule has 1 saturated heterocycles. The highest BCUT2D eigenvalue weighted by Crippen LogP contribution is 2.35. The molecule has 2 atom stereocenters. The van der Waals surface area contributed by atoms with Gasteiger partial charge in [0.05, 0.1) is 19.7 Å². The van der Waals surface area contributed by atoms with Crippen LogP contribution in [0, 0.1) is 0 Å². The molecule has 5 rings (SSSR count). The number of benzene rings is 2. The van der Waals surface area contributed by atoms with E-state index in [0.717, 1.165) is 0 Å². The van der Waals surface area contributed by atoms with Gasteiger partial charge in [0.15, 0.2) is 23.0 Å². The maximum Gasteiger partial charge on any atom is 0.267 e. The molecule has 178 valence electrons. The number of para-hydroxylation sites is 2. The number of fused-ring (bicyclic) bond motifs is 2. The smallest absolute Gasteiger partial charge is 0.267 e. The molecular weight excluding hydrogens is 438 g/mol. The summed E-state index contributed by atoms with van der Waals surface area (Å²) in [6.45, 7) is 3.83. The van der Waals surface area contributed by atoms with Crippen LogP contribution >= 0.6 is 0 Å². The van der Waals surface area contributed by atoms with Crippen LogP contribution < -0.4 is 29.6 Å². The molecule has 3 aromatic rings. The van der Waals surface area contributed by atoms with E-state index in [2.05, 4.69) is 4.98 Å². The molecule has 2 aromatic carbocycles. The average Bonchev–Trinajstić information content (AvgIpc) is 2.87. The minimum Gasteiger partial charge on any atom is -0.493 e. The van der Waals surface area contributed by atoms with E-state index in [1.165, 1.54) is 0 Å². The fourth-order valence-electron chi connectivity index (χ4n) is 4.40. The van der Waals surface area contributed by atoms with E-state index in [-0.39, 0.29) is 18.6 Å². The number of ether oxygens (including phenoxy) is 4. The summed E-state index contributed by atoms with van der Waals surface area (Å²) in [6.07, 6.45) is -0.668. The molecule has 0 saturated carbocycles. The van der Waals surface area contributed by atoms with Gasteiger partial charge in [-0.05, 0) is 25.1 Å². The Bertz CT molecular complexity index is 1240. The lowest BCUT2D eigenvalue weighted by Gasteiger charge is -2.41. The summed E-state index contributed by atoms with van der Waals surface area (Å²) in [5, 5.41) is 0.693. The standard InChI is InChI=1S/C24H27N5O5/c1-14-12-28(24-26-16-11-20(32-3)19(31-2)10-15(16)22(25)27-24)8-9-29(14)23(30)21-13-33-17-6-4-5-7-18(17)34-21/h4-7,10-11,14,21H,8-9,12-13H2,1-3H3,(H2,25,26,27). The van der Waals surface area contributed by atoms with Crippen LogP contribution in [-0.2, 0) is 4.79 Å². The van der Waals surface area contributed by atoms with Gasteiger partial charge in [-0.1, -0.05) is 12.1 Å². The van der Waals surface area contributed by atoms with Crippen molar-refractivity contribution in [1.82, 2.24) is 14.9 Å². The minimum atomic E-state index is -0.668. The van der Waals surface area contributed by atoms with E-state index < -0.39 is 6.10 Å². The second kappa shape index (κ2) is 8.77. The van der Waals surface area contributed by atoms with Crippen LogP contribution in [-0.4, -0.2) is 73.4 Å². The second-order valence-corrected chi connectivity index (χ2v) is 8.32. The molecule has 2 aliphatic rings. The van der Waals surface area contributed by atoms with Gasteiger partial charge >= 0.3 is 0 Å². The SMILES string of the molecule is COc1cc2nc(N3CCN(C(=O)C4COc5ccccc5O4)C(C)C3)nc(N)c2cc1OC. The maximum atomic E-state index is 13.2. The Morgan fingerprint density at radius 1 is 1.09 bits per heavy atom. The van der Waals surface area contributed by atoms with E-state index in [9.17, 15) is 4.79 Å². The van der Waals surface area contributed by atoms with Crippen LogP contribution in [0.25, 0.3) is 10.9 Å². The van der Waals surface area contributed by atoms with E-state index in [0.29, 0.717) is 65.3 Å². The molecule has 2 unspecified atom stereocenters. The number of nitrogens with zero attached hydrogens (tertiary/aromatic N) is 4. The highest BCUT2D eigenvalue weighted by Gasteiger charge is 2.36. The quantitative estimate of drug-likeness (QED) is 0.619. The van der Waals surface area contributed by atoms with E-state index in [4.69, 9.17) is 29.7 Å². The summed E-state index contributed by atoms with van der Waals surface area (Å²) in [6, 6.07) is 10.9. The zero-order valence-corrected chi connectivity index (χ0v) is 19.4. The molecular formula is C24H27N5O5. The van der Waals surface area contributed by atoms with Crippen molar-refractivity contribution in [2.75, 3.05) is 51.1 Å². The van der Waals surface area contributed by atoms with Crippen LogP contribution in [0.15, 0.2) is 36.4 Å². The predicted octanol–water partition coefficient (Wildman–Crippen LogP) is 2.11. The number of piperazine rings is 1. The van der Waals surface area contributed by atoms with Gasteiger partial charge in [-0.3, -0.25) is 4.79 Å². The van der Waals surface area contributed by atoms with Gasteiger partial charge in [0.1, 0.15) is 12.4 Å². The first kappa shape index (κ1) is 21.9. The molecule has 1 aromatic heterocycles. The van der Waals surface area contributed by atoms with Crippen molar-refractivity contribution < 1.29 is 23.7 Å². The Morgan fingerprint density at radius 2 is 1.82 bits per heavy atom. The van der Waals surface area contributed by atoms with Gasteiger partial charge < -0.3 is 34.5 Å². The maximum absolute atomic E-state index is 13.2. The third-order valence-electron chi connectivity index (χ3n) is 6.20. The highest BCUT2D eigenvalue weighted by atomic mass is 16.6. The summed E-state index contributed by atoms with van der Waals surface area (Å²) in [5.41, 5.74) is 6.92. The van der Waals surface area contributed by atoms with E-state index in [1.807, 2.05) is 41.0 Å². The van der Waals surface area contributed by atoms with Crippen LogP contribution in [0.4, 0.5) is 11.8 Å². The first-order valence-corrected chi connectivity index (χ1v) is 11.1. The lowest BCUT2D eigenvalue weighted by atomic mass is 10.1. The molecule has 34 heavy (non-hydrogen) atoms. The van der Waals surface area contributed by atoms with Gasteiger partial charge in [0.25, 0.3) is 5.91 Å². The van der Waals surface area contributed by atoms with Crippen LogP contribution in [0.3, 0.4) is 0 Å². The zero-order chi connectivity index (χ0) is 23.8. The largest absolute Gasteiger partial charge is 0.493 e. The third kappa shape index (κ3) is 3.85. The van der Waals surface area contributed by atoms with Crippen LogP contribution in [0.1, 0.15) is 6.92 Å². The van der Waals surface area contributed by atoms with Crippen molar-refractivity contribution in [3.8, 4) is 23.0 Å². The molecule has 1 amide bonds. The second-order valence-electron chi connectivity index (χ2n) is 8.32. The molecule has 0 radical (unpaired) electrons. The Morgan fingerprint density at radius 3 is 2.56 bits per heavy atom. The monoisotopic (exact) mass is 465 g/mol. The molecule has 2 aliphatic heterocycles. The number of rotatable bonds is 4. The zero-order valence-electron chi connectivity index (χ0n) is 19.4. The molecule has 2 N–H and O–H groups in total. The first-order valence-electron chi connectivity index (χ1n) is 11.1. The van der Waals surface area contributed by atoms with Crippen molar-refractivity contribution >= 4 is 28.6 Å². The van der Waals surface area contributed by atoms with Gasteiger partial charge in [-0.2, -0.15) is 4.98 Å². The lowest BCUT2D eigenvalue weighted by Crippen LogP contribution is -2.58. The number of hydrogen-bond donors (Lipinski definition) is 1. The van der Waals surface area contributed by atoms with Gasteiger partial charge in [0, 0.05) is 37.1 Å². The molecule has 0 spiro atoms. The summed E-state index contributed by atoms with van der Waals surface area (Å²) in [7, 11) is 3.15. The van der Waals surface area contributed by atoms with Crippen LogP contribution in [0.2, 0.25) is 0 Å². The van der Waals surface area contributed by atoms with Gasteiger partial charge in [-0.25, -0.2) is 4.98 Å². The van der Waals surface area contributed by atoms with Crippen molar-refractivity contribution in [2.45, 2.75) is 19.1 Å². The highest BCUT2D eigenvalue weighted by molar-refractivity contribution is 5.91. The summed E-state index contributed by atoms with van der Waals surface area (Å²) in [5.74, 6) is 3.17. The lowest BCUT2D eigenvalue weighted by molar-refractivity contribution is -0.143. The predicted molar refractivity (Wildman–Crippen MR) is 127 cm³/mol. The molecule has 10 heteroatoms. The van der Waals surface area contributed by atoms with E-state index in [1.54, 1.807) is 26.4 Å². The third-order valence-corrected chi connectivity index (χ3v) is 6.20. The molecule has 0 bridgehead atoms. The Hall–Kier alpha value is -3.95. The van der Waals surface area contributed by atoms with Gasteiger partial charge in [0.2, 0.25) is 12.1 Å². The van der Waals surface area contributed by atoms with Crippen molar-refractivity contribution in [1.29, 1.82) is 0 Å². The Kier molecular flexibility index (Phi) is 5.64. The number of hydrogen-bond acceptors (Lipinski definition) is 9. The number of anilines is 2. The van der Waals surface area contributed by atoms with Gasteiger partial charge in [-0.15, -0.1) is 0 Å². The average molecular weight is 466 g/mol. The van der Waals surface area contributed by atoms with Crippen LogP contribution in [0.5, 0.6) is 23.0 Å². The molecule has 0 aliphatic carbocycles. The fourth-order valence-corrected chi connectivity index (χ4v) is 4.40. The summed E-state index contributed by atoms with van der Waals surface area (Å²) in [4.78, 5) is 26.3. The van der Waals surface area contributed by atoms with Crippen molar-refractivity contribution in [3.05, 3.63) is 36.4 Å². The number of amides is 1. The Labute approximate surface area is 197 Å². The van der Waals surface area contributed by atoms with Crippen molar-refractivity contribution in [3.63, 3.8) is 0 Å². The number of nitrogen functional groups attached to an aromatic ring is 1. The molecule has 10 nitrogen and oxygen atoms in total. The van der Waals surface area contributed by atoms with E-state index >= 15 is 0 Å². The number of carbonyl (C=O) groups excluding carboxylic acids is 1. The minimum absolute atomic E-state index is 0.0760. The first-order chi connectivity index (χ1) is 16.5. The number of aromatic nitrogens is 2. The van der Waals surface area contributed by atoms with Crippen molar-refractivity contribution in [2.24, 2.45) is 0 Å². The number of methoxy groups -OCH3 is 2. The molecule has 3 heterocycles. The topological polar surface area (TPSA) is 112 Å². The number of nitrogens with two attached hydrogens (primary N) is 1. The Balaban J connectivity index is 1.32. The normalized spacial score (nSPS) is 19.7. The molecule has 1 fully saturated rings. The fraction of sp³-hybridized carbons (Fsp3) is 0.375. The summed E-state index contributed by atoms with van der Waals surface area (Å²) < 4.78 is 22.4. The summed E-state index contributed by atoms with van der Waals surface area (Å²) >= 11 is 0. The number of carbonyl (C=O) groups is 1.